The van der Waals surface area contributed by atoms with Gasteiger partial charge in [-0.3, -0.25) is 0 Å². The van der Waals surface area contributed by atoms with Gasteiger partial charge in [0, 0.05) is 47.8 Å². The number of aryl methyl sites for hydroxylation is 2. The van der Waals surface area contributed by atoms with Crippen LogP contribution < -0.4 is 5.32 Å². The topological polar surface area (TPSA) is 103 Å². The molecule has 0 spiro atoms. The Balaban J connectivity index is 1.53. The monoisotopic (exact) mass is 463 g/mol. The summed E-state index contributed by atoms with van der Waals surface area (Å²) in [5.74, 6) is 2.11. The minimum absolute atomic E-state index is 0.514. The first kappa shape index (κ1) is 21.8. The summed E-state index contributed by atoms with van der Waals surface area (Å²) in [6, 6.07) is 10.9. The lowest BCUT2D eigenvalue weighted by atomic mass is 10.1. The Hall–Kier alpha value is -3.47. The third-order valence-corrected chi connectivity index (χ3v) is 5.31. The van der Waals surface area contributed by atoms with Crippen molar-refractivity contribution in [1.82, 2.24) is 24.9 Å². The first-order valence-corrected chi connectivity index (χ1v) is 10.7. The molecule has 160 valence electrons. The molecule has 4 rings (SSSR count). The molecule has 0 bridgehead atoms. The van der Waals surface area contributed by atoms with Crippen molar-refractivity contribution in [3.63, 3.8) is 0 Å². The molecule has 0 amide bonds. The minimum atomic E-state index is 0.514. The quantitative estimate of drug-likeness (QED) is 0.352. The molecular formula is C23H19Cl2N7. The fraction of sp³-hybridized carbons (Fsp3) is 0.174. The third-order valence-electron chi connectivity index (χ3n) is 4.76. The fourth-order valence-corrected chi connectivity index (χ4v) is 3.67. The van der Waals surface area contributed by atoms with Gasteiger partial charge in [0.1, 0.15) is 23.5 Å². The van der Waals surface area contributed by atoms with Crippen LogP contribution in [0.4, 0.5) is 5.82 Å². The average molecular weight is 464 g/mol. The zero-order valence-electron chi connectivity index (χ0n) is 17.2. The van der Waals surface area contributed by atoms with Crippen molar-refractivity contribution in [3.05, 3.63) is 76.0 Å². The summed E-state index contributed by atoms with van der Waals surface area (Å²) in [7, 11) is 0. The van der Waals surface area contributed by atoms with Crippen LogP contribution >= 0.6 is 23.2 Å². The van der Waals surface area contributed by atoms with E-state index in [1.807, 2.05) is 13.0 Å². The predicted molar refractivity (Wildman–Crippen MR) is 126 cm³/mol. The molecule has 0 aliphatic heterocycles. The first-order valence-electron chi connectivity index (χ1n) is 9.97. The molecule has 9 heteroatoms. The number of hydrogen-bond donors (Lipinski definition) is 2. The Morgan fingerprint density at radius 3 is 2.59 bits per heavy atom. The Labute approximate surface area is 195 Å². The van der Waals surface area contributed by atoms with Crippen molar-refractivity contribution in [2.45, 2.75) is 19.8 Å². The van der Waals surface area contributed by atoms with Gasteiger partial charge in [-0.05, 0) is 43.7 Å². The molecular weight excluding hydrogens is 445 g/mol. The van der Waals surface area contributed by atoms with Crippen LogP contribution in [0.5, 0.6) is 0 Å². The van der Waals surface area contributed by atoms with E-state index in [-0.39, 0.29) is 0 Å². The number of pyridine rings is 1. The van der Waals surface area contributed by atoms with Gasteiger partial charge in [-0.2, -0.15) is 5.26 Å². The highest BCUT2D eigenvalue weighted by Gasteiger charge is 2.16. The van der Waals surface area contributed by atoms with Gasteiger partial charge in [0.15, 0.2) is 0 Å². The maximum Gasteiger partial charge on any atom is 0.141 e. The zero-order valence-corrected chi connectivity index (χ0v) is 18.7. The number of hydrogen-bond acceptors (Lipinski definition) is 6. The second-order valence-corrected chi connectivity index (χ2v) is 8.01. The molecule has 4 aromatic rings. The number of imidazole rings is 1. The molecule has 0 fully saturated rings. The summed E-state index contributed by atoms with van der Waals surface area (Å²) >= 11 is 12.6. The van der Waals surface area contributed by atoms with Crippen LogP contribution in [-0.4, -0.2) is 31.5 Å². The van der Waals surface area contributed by atoms with Gasteiger partial charge in [-0.25, -0.2) is 19.9 Å². The molecule has 7 nitrogen and oxygen atoms in total. The maximum absolute atomic E-state index is 8.85. The highest BCUT2D eigenvalue weighted by atomic mass is 35.5. The van der Waals surface area contributed by atoms with E-state index < -0.39 is 0 Å². The standard InChI is InChI=1S/C23H19Cl2N7/c1-14-11-30-23(31-14)18-13-29-21(32-22(18)17-6-5-16(24)9-19(17)25)3-2-8-27-20-7-4-15(10-26)12-28-20/h4-7,9,11-13H,2-3,8H2,1H3,(H,27,28)(H,30,31). The second-order valence-electron chi connectivity index (χ2n) is 7.16. The summed E-state index contributed by atoms with van der Waals surface area (Å²) in [5, 5.41) is 13.2. The molecule has 0 radical (unpaired) electrons. The molecule has 3 heterocycles. The van der Waals surface area contributed by atoms with Crippen molar-refractivity contribution in [2.24, 2.45) is 0 Å². The predicted octanol–water partition coefficient (Wildman–Crippen LogP) is 5.46. The van der Waals surface area contributed by atoms with E-state index in [0.717, 1.165) is 29.1 Å². The smallest absolute Gasteiger partial charge is 0.141 e. The van der Waals surface area contributed by atoms with Crippen LogP contribution in [-0.2, 0) is 6.42 Å². The number of aromatic nitrogens is 5. The molecule has 3 aromatic heterocycles. The molecule has 32 heavy (non-hydrogen) atoms. The summed E-state index contributed by atoms with van der Waals surface area (Å²) in [4.78, 5) is 21.2. The molecule has 0 aliphatic rings. The van der Waals surface area contributed by atoms with E-state index in [0.29, 0.717) is 45.9 Å². The van der Waals surface area contributed by atoms with Crippen molar-refractivity contribution in [3.8, 4) is 28.7 Å². The van der Waals surface area contributed by atoms with Gasteiger partial charge in [0.2, 0.25) is 0 Å². The SMILES string of the molecule is Cc1cnc(-c2cnc(CCCNc3ccc(C#N)cn3)nc2-c2ccc(Cl)cc2Cl)[nH]1. The third kappa shape index (κ3) is 5.05. The average Bonchev–Trinajstić information content (AvgIpc) is 3.23. The van der Waals surface area contributed by atoms with Gasteiger partial charge in [-0.1, -0.05) is 23.2 Å². The molecule has 0 unspecified atom stereocenters. The number of nitrogens with one attached hydrogen (secondary N) is 2. The minimum Gasteiger partial charge on any atom is -0.370 e. The number of rotatable bonds is 7. The lowest BCUT2D eigenvalue weighted by molar-refractivity contribution is 0.800. The van der Waals surface area contributed by atoms with Gasteiger partial charge < -0.3 is 10.3 Å². The molecule has 2 N–H and O–H groups in total. The summed E-state index contributed by atoms with van der Waals surface area (Å²) in [6.45, 7) is 2.63. The normalized spacial score (nSPS) is 10.7. The highest BCUT2D eigenvalue weighted by molar-refractivity contribution is 6.36. The number of nitriles is 1. The maximum atomic E-state index is 8.85. The molecule has 1 aromatic carbocycles. The summed E-state index contributed by atoms with van der Waals surface area (Å²) in [6.07, 6.45) is 6.55. The van der Waals surface area contributed by atoms with Crippen LogP contribution in [0.15, 0.2) is 48.9 Å². The molecule has 0 atom stereocenters. The van der Waals surface area contributed by atoms with Gasteiger partial charge in [-0.15, -0.1) is 0 Å². The first-order chi connectivity index (χ1) is 15.5. The van der Waals surface area contributed by atoms with E-state index >= 15 is 0 Å². The van der Waals surface area contributed by atoms with E-state index in [1.54, 1.807) is 42.9 Å². The number of nitrogens with zero attached hydrogens (tertiary/aromatic N) is 5. The summed E-state index contributed by atoms with van der Waals surface area (Å²) < 4.78 is 0. The molecule has 0 saturated heterocycles. The lowest BCUT2D eigenvalue weighted by Crippen LogP contribution is -2.07. The van der Waals surface area contributed by atoms with Crippen LogP contribution in [0.3, 0.4) is 0 Å². The fourth-order valence-electron chi connectivity index (χ4n) is 3.18. The van der Waals surface area contributed by atoms with E-state index in [4.69, 9.17) is 33.4 Å². The van der Waals surface area contributed by atoms with Crippen LogP contribution in [0, 0.1) is 18.3 Å². The number of H-pyrrole nitrogens is 1. The number of benzene rings is 1. The Kier molecular flexibility index (Phi) is 6.64. The van der Waals surface area contributed by atoms with Crippen molar-refractivity contribution in [1.29, 1.82) is 5.26 Å². The Morgan fingerprint density at radius 2 is 1.91 bits per heavy atom. The lowest BCUT2D eigenvalue weighted by Gasteiger charge is -2.11. The number of anilines is 1. The van der Waals surface area contributed by atoms with Crippen molar-refractivity contribution >= 4 is 29.0 Å². The largest absolute Gasteiger partial charge is 0.370 e. The van der Waals surface area contributed by atoms with Crippen molar-refractivity contribution in [2.75, 3.05) is 11.9 Å². The van der Waals surface area contributed by atoms with Crippen molar-refractivity contribution < 1.29 is 0 Å². The van der Waals surface area contributed by atoms with E-state index in [9.17, 15) is 0 Å². The van der Waals surface area contributed by atoms with Gasteiger partial charge in [0.05, 0.1) is 21.8 Å². The Bertz CT molecular complexity index is 1280. The van der Waals surface area contributed by atoms with E-state index in [2.05, 4.69) is 31.3 Å². The molecule has 0 saturated carbocycles. The summed E-state index contributed by atoms with van der Waals surface area (Å²) in [5.41, 5.74) is 3.71. The number of halogens is 2. The van der Waals surface area contributed by atoms with Crippen LogP contribution in [0.25, 0.3) is 22.6 Å². The number of aromatic amines is 1. The van der Waals surface area contributed by atoms with Gasteiger partial charge in [0.25, 0.3) is 0 Å². The zero-order chi connectivity index (χ0) is 22.5. The highest BCUT2D eigenvalue weighted by Crippen LogP contribution is 2.34. The van der Waals surface area contributed by atoms with Crippen LogP contribution in [0.2, 0.25) is 10.0 Å². The second kappa shape index (κ2) is 9.77. The Morgan fingerprint density at radius 1 is 1.03 bits per heavy atom. The van der Waals surface area contributed by atoms with Gasteiger partial charge >= 0.3 is 0 Å². The molecule has 0 aliphatic carbocycles. The van der Waals surface area contributed by atoms with E-state index in [1.165, 1.54) is 0 Å². The van der Waals surface area contributed by atoms with Crippen LogP contribution in [0.1, 0.15) is 23.5 Å².